The zero-order chi connectivity index (χ0) is 33.5. The highest BCUT2D eigenvalue weighted by atomic mass is 28.3. The molecule has 0 unspecified atom stereocenters. The van der Waals surface area contributed by atoms with Crippen LogP contribution in [0, 0.1) is 0 Å². The fourth-order valence-corrected chi connectivity index (χ4v) is 13.2. The van der Waals surface area contributed by atoms with Gasteiger partial charge in [0.2, 0.25) is 0 Å². The van der Waals surface area contributed by atoms with E-state index in [9.17, 15) is 0 Å². The van der Waals surface area contributed by atoms with Gasteiger partial charge in [-0.3, -0.25) is 0 Å². The standard InChI is InChI=1S/C48H44Si/c1-33-29-41-17-11-19-43(39-25-21-37(22-26-39)31-35-13-7-5-8-14-35)45(41)47(33)49(3,4)48-34(2)30-42-18-12-20-44(46(42)48)40-27-23-38(24-28-40)32-36-15-9-6-10-16-36/h5-28H,29-32H2,1-4H3. The van der Waals surface area contributed by atoms with E-state index < -0.39 is 8.07 Å². The first-order chi connectivity index (χ1) is 23.9. The van der Waals surface area contributed by atoms with Gasteiger partial charge in [0, 0.05) is 0 Å². The third-order valence-electron chi connectivity index (χ3n) is 10.8. The van der Waals surface area contributed by atoms with Crippen LogP contribution < -0.4 is 0 Å². The summed E-state index contributed by atoms with van der Waals surface area (Å²) in [4.78, 5) is 0. The third-order valence-corrected chi connectivity index (χ3v) is 14.7. The summed E-state index contributed by atoms with van der Waals surface area (Å²) in [6, 6.07) is 54.3. The van der Waals surface area contributed by atoms with Crippen LogP contribution >= 0.6 is 0 Å². The van der Waals surface area contributed by atoms with Crippen LogP contribution in [0.15, 0.2) is 157 Å². The van der Waals surface area contributed by atoms with Gasteiger partial charge in [-0.25, -0.2) is 0 Å². The zero-order valence-corrected chi connectivity index (χ0v) is 30.2. The average Bonchev–Trinajstić information content (AvgIpc) is 3.66. The highest BCUT2D eigenvalue weighted by Gasteiger charge is 2.42. The second-order valence-corrected chi connectivity index (χ2v) is 18.9. The lowest BCUT2D eigenvalue weighted by Gasteiger charge is -2.32. The molecule has 240 valence electrons. The van der Waals surface area contributed by atoms with Crippen molar-refractivity contribution in [2.24, 2.45) is 0 Å². The van der Waals surface area contributed by atoms with Crippen LogP contribution in [0.25, 0.3) is 32.6 Å². The molecular formula is C48H44Si. The molecule has 6 aromatic rings. The second kappa shape index (κ2) is 12.8. The van der Waals surface area contributed by atoms with Crippen LogP contribution in [0.1, 0.15) is 58.4 Å². The van der Waals surface area contributed by atoms with Crippen LogP contribution in [0.3, 0.4) is 0 Å². The molecule has 0 amide bonds. The molecule has 0 saturated carbocycles. The first-order valence-electron chi connectivity index (χ1n) is 17.8. The summed E-state index contributed by atoms with van der Waals surface area (Å²) in [5, 5.41) is 3.28. The molecule has 8 rings (SSSR count). The van der Waals surface area contributed by atoms with Crippen LogP contribution in [0.2, 0.25) is 13.1 Å². The first kappa shape index (κ1) is 31.3. The van der Waals surface area contributed by atoms with Gasteiger partial charge in [-0.05, 0) is 117 Å². The van der Waals surface area contributed by atoms with E-state index >= 15 is 0 Å². The molecule has 0 fully saturated rings. The average molecular weight is 649 g/mol. The normalized spacial score (nSPS) is 14.0. The molecule has 0 aromatic heterocycles. The Hall–Kier alpha value is -4.98. The molecule has 0 saturated heterocycles. The largest absolute Gasteiger partial charge is 0.113 e. The Morgan fingerprint density at radius 1 is 0.408 bits per heavy atom. The number of rotatable bonds is 8. The van der Waals surface area contributed by atoms with E-state index in [4.69, 9.17) is 0 Å². The lowest BCUT2D eigenvalue weighted by molar-refractivity contribution is 1.19. The molecule has 0 heterocycles. The smallest absolute Gasteiger partial charge is 0.0686 e. The Bertz CT molecular complexity index is 2050. The van der Waals surface area contributed by atoms with E-state index in [1.807, 2.05) is 0 Å². The highest BCUT2D eigenvalue weighted by Crippen LogP contribution is 2.52. The lowest BCUT2D eigenvalue weighted by Crippen LogP contribution is -2.31. The van der Waals surface area contributed by atoms with E-state index in [2.05, 4.69) is 173 Å². The van der Waals surface area contributed by atoms with E-state index in [0.29, 0.717) is 0 Å². The van der Waals surface area contributed by atoms with E-state index in [1.165, 1.54) is 66.8 Å². The van der Waals surface area contributed by atoms with E-state index in [1.54, 1.807) is 21.5 Å². The monoisotopic (exact) mass is 648 g/mol. The van der Waals surface area contributed by atoms with Gasteiger partial charge in [0.1, 0.15) is 8.07 Å². The summed E-state index contributed by atoms with van der Waals surface area (Å²) in [5.41, 5.74) is 19.9. The minimum Gasteiger partial charge on any atom is -0.0686 e. The summed E-state index contributed by atoms with van der Waals surface area (Å²) in [6.45, 7) is 10.0. The molecule has 0 radical (unpaired) electrons. The number of allylic oxidation sites excluding steroid dienone is 2. The molecular weight excluding hydrogens is 605 g/mol. The molecule has 1 heteroatoms. The van der Waals surface area contributed by atoms with Gasteiger partial charge in [-0.15, -0.1) is 0 Å². The van der Waals surface area contributed by atoms with Gasteiger partial charge >= 0.3 is 0 Å². The fourth-order valence-electron chi connectivity index (χ4n) is 8.83. The second-order valence-electron chi connectivity index (χ2n) is 14.7. The molecule has 0 nitrogen and oxygen atoms in total. The Labute approximate surface area is 293 Å². The summed E-state index contributed by atoms with van der Waals surface area (Å²) < 4.78 is 0. The molecule has 0 atom stereocenters. The number of hydrogen-bond donors (Lipinski definition) is 0. The molecule has 49 heavy (non-hydrogen) atoms. The van der Waals surface area contributed by atoms with Gasteiger partial charge in [-0.1, -0.05) is 170 Å². The summed E-state index contributed by atoms with van der Waals surface area (Å²) in [6.07, 6.45) is 4.02. The maximum Gasteiger partial charge on any atom is 0.113 e. The third kappa shape index (κ3) is 5.87. The summed E-state index contributed by atoms with van der Waals surface area (Å²) in [7, 11) is -2.16. The highest BCUT2D eigenvalue weighted by molar-refractivity contribution is 7.09. The maximum atomic E-state index is 2.62. The van der Waals surface area contributed by atoms with Crippen LogP contribution in [0.4, 0.5) is 0 Å². The van der Waals surface area contributed by atoms with E-state index in [-0.39, 0.29) is 0 Å². The molecule has 2 aliphatic carbocycles. The van der Waals surface area contributed by atoms with Gasteiger partial charge in [0.05, 0.1) is 0 Å². The van der Waals surface area contributed by atoms with Gasteiger partial charge in [-0.2, -0.15) is 0 Å². The van der Waals surface area contributed by atoms with Crippen molar-refractivity contribution in [1.82, 2.24) is 0 Å². The minimum absolute atomic E-state index is 0.961. The van der Waals surface area contributed by atoms with E-state index in [0.717, 1.165) is 25.7 Å². The Morgan fingerprint density at radius 2 is 0.776 bits per heavy atom. The number of fused-ring (bicyclic) bond motifs is 2. The van der Waals surface area contributed by atoms with Crippen molar-refractivity contribution in [1.29, 1.82) is 0 Å². The minimum atomic E-state index is -2.16. The molecule has 0 aliphatic heterocycles. The zero-order valence-electron chi connectivity index (χ0n) is 29.2. The van der Waals surface area contributed by atoms with Crippen molar-refractivity contribution in [2.75, 3.05) is 0 Å². The summed E-state index contributed by atoms with van der Waals surface area (Å²) in [5.74, 6) is 0. The molecule has 2 aliphatic rings. The predicted molar refractivity (Wildman–Crippen MR) is 212 cm³/mol. The van der Waals surface area contributed by atoms with Crippen molar-refractivity contribution < 1.29 is 0 Å². The topological polar surface area (TPSA) is 0 Å². The van der Waals surface area contributed by atoms with Gasteiger partial charge in [0.15, 0.2) is 0 Å². The Morgan fingerprint density at radius 3 is 1.16 bits per heavy atom. The van der Waals surface area contributed by atoms with Gasteiger partial charge < -0.3 is 0 Å². The fraction of sp³-hybridized carbons (Fsp3) is 0.167. The van der Waals surface area contributed by atoms with Crippen molar-refractivity contribution in [2.45, 2.75) is 52.6 Å². The molecule has 0 spiro atoms. The maximum absolute atomic E-state index is 2.62. The van der Waals surface area contributed by atoms with Crippen LogP contribution in [-0.4, -0.2) is 8.07 Å². The number of benzene rings is 6. The molecule has 0 N–H and O–H groups in total. The first-order valence-corrected chi connectivity index (χ1v) is 20.8. The Kier molecular flexibility index (Phi) is 8.18. The van der Waals surface area contributed by atoms with Gasteiger partial charge in [0.25, 0.3) is 0 Å². The molecule has 6 aromatic carbocycles. The van der Waals surface area contributed by atoms with Crippen LogP contribution in [0.5, 0.6) is 0 Å². The lowest BCUT2D eigenvalue weighted by atomic mass is 9.95. The van der Waals surface area contributed by atoms with Crippen LogP contribution in [-0.2, 0) is 25.7 Å². The van der Waals surface area contributed by atoms with Crippen molar-refractivity contribution >= 4 is 18.5 Å². The van der Waals surface area contributed by atoms with Crippen molar-refractivity contribution in [3.8, 4) is 22.3 Å². The molecule has 0 bridgehead atoms. The Balaban J connectivity index is 1.15. The van der Waals surface area contributed by atoms with Crippen molar-refractivity contribution in [3.63, 3.8) is 0 Å². The van der Waals surface area contributed by atoms with Crippen molar-refractivity contribution in [3.05, 3.63) is 201 Å². The predicted octanol–water partition coefficient (Wildman–Crippen LogP) is 12.3. The SMILES string of the molecule is CC1=C([Si](C)(C)C2=C(C)Cc3cccc(-c4ccc(Cc5ccccc5)cc4)c32)c2c(cccc2-c2ccc(Cc3ccccc3)cc2)C1. The summed E-state index contributed by atoms with van der Waals surface area (Å²) >= 11 is 0. The number of hydrogen-bond acceptors (Lipinski definition) is 0. The quantitative estimate of drug-likeness (QED) is 0.144.